The average molecular weight is 272 g/mol. The topological polar surface area (TPSA) is 33.7 Å². The second-order valence-corrected chi connectivity index (χ2v) is 5.20. The van der Waals surface area contributed by atoms with Crippen LogP contribution in [0.5, 0.6) is 0 Å². The van der Waals surface area contributed by atoms with E-state index in [1.807, 2.05) is 0 Å². The molecular formula is C15H32N2O2. The van der Waals surface area contributed by atoms with E-state index < -0.39 is 0 Å². The minimum absolute atomic E-state index is 0.647. The van der Waals surface area contributed by atoms with Crippen LogP contribution in [0.25, 0.3) is 0 Å². The molecule has 0 aromatic carbocycles. The normalized spacial score (nSPS) is 17.1. The molecule has 1 aliphatic rings. The Morgan fingerprint density at radius 3 is 2.05 bits per heavy atom. The first-order valence-electron chi connectivity index (χ1n) is 7.93. The maximum Gasteiger partial charge on any atom is 0.0593 e. The van der Waals surface area contributed by atoms with Crippen molar-refractivity contribution in [2.45, 2.75) is 39.7 Å². The second-order valence-electron chi connectivity index (χ2n) is 5.20. The highest BCUT2D eigenvalue weighted by Crippen LogP contribution is 2.32. The van der Waals surface area contributed by atoms with Gasteiger partial charge in [-0.15, -0.1) is 0 Å². The third-order valence-corrected chi connectivity index (χ3v) is 3.62. The summed E-state index contributed by atoms with van der Waals surface area (Å²) in [5.41, 5.74) is 0. The predicted octanol–water partition coefficient (Wildman–Crippen LogP) is 1.75. The smallest absolute Gasteiger partial charge is 0.0593 e. The Kier molecular flexibility index (Phi) is 9.43. The van der Waals surface area contributed by atoms with Crippen molar-refractivity contribution in [1.82, 2.24) is 10.2 Å². The van der Waals surface area contributed by atoms with Crippen LogP contribution in [0.4, 0.5) is 0 Å². The van der Waals surface area contributed by atoms with Crippen molar-refractivity contribution in [2.24, 2.45) is 5.92 Å². The fourth-order valence-electron chi connectivity index (χ4n) is 2.39. The van der Waals surface area contributed by atoms with Crippen LogP contribution in [0.3, 0.4) is 0 Å². The van der Waals surface area contributed by atoms with Crippen molar-refractivity contribution < 1.29 is 9.47 Å². The molecule has 0 aliphatic heterocycles. The molecule has 114 valence electrons. The lowest BCUT2D eigenvalue weighted by Crippen LogP contribution is -2.44. The van der Waals surface area contributed by atoms with Gasteiger partial charge < -0.3 is 14.8 Å². The molecule has 4 nitrogen and oxygen atoms in total. The van der Waals surface area contributed by atoms with E-state index >= 15 is 0 Å². The number of hydrogen-bond donors (Lipinski definition) is 1. The molecule has 0 spiro atoms. The summed E-state index contributed by atoms with van der Waals surface area (Å²) in [6.07, 6.45) is 2.78. The van der Waals surface area contributed by atoms with E-state index in [1.54, 1.807) is 0 Å². The maximum absolute atomic E-state index is 5.49. The van der Waals surface area contributed by atoms with E-state index in [9.17, 15) is 0 Å². The standard InChI is InChI=1S/C15H32N2O2/c1-4-16-15(14-7-8-14)13-17(9-11-18-5-2)10-12-19-6-3/h14-16H,4-13H2,1-3H3. The minimum Gasteiger partial charge on any atom is -0.380 e. The van der Waals surface area contributed by atoms with Gasteiger partial charge in [0.15, 0.2) is 0 Å². The average Bonchev–Trinajstić information content (AvgIpc) is 3.22. The molecule has 0 saturated heterocycles. The van der Waals surface area contributed by atoms with Crippen LogP contribution in [0.2, 0.25) is 0 Å². The Morgan fingerprint density at radius 2 is 1.63 bits per heavy atom. The molecule has 19 heavy (non-hydrogen) atoms. The van der Waals surface area contributed by atoms with Gasteiger partial charge in [-0.05, 0) is 39.2 Å². The molecule has 0 aromatic rings. The number of nitrogens with zero attached hydrogens (tertiary/aromatic N) is 1. The summed E-state index contributed by atoms with van der Waals surface area (Å²) in [6.45, 7) is 13.8. The van der Waals surface area contributed by atoms with Gasteiger partial charge in [0.2, 0.25) is 0 Å². The number of ether oxygens (including phenoxy) is 2. The Bertz CT molecular complexity index is 200. The van der Waals surface area contributed by atoms with Crippen LogP contribution in [0.15, 0.2) is 0 Å². The Labute approximate surface area is 118 Å². The number of hydrogen-bond acceptors (Lipinski definition) is 4. The zero-order chi connectivity index (χ0) is 13.9. The molecule has 0 radical (unpaired) electrons. The van der Waals surface area contributed by atoms with Crippen molar-refractivity contribution >= 4 is 0 Å². The lowest BCUT2D eigenvalue weighted by Gasteiger charge is -2.28. The van der Waals surface area contributed by atoms with Crippen LogP contribution in [0, 0.1) is 5.92 Å². The quantitative estimate of drug-likeness (QED) is 0.518. The third kappa shape index (κ3) is 7.88. The Balaban J connectivity index is 2.31. The molecule has 4 heteroatoms. The molecule has 0 bridgehead atoms. The molecule has 1 rings (SSSR count). The third-order valence-electron chi connectivity index (χ3n) is 3.62. The molecule has 1 saturated carbocycles. The van der Waals surface area contributed by atoms with Gasteiger partial charge >= 0.3 is 0 Å². The molecule has 0 amide bonds. The Hall–Kier alpha value is -0.160. The molecule has 0 aromatic heterocycles. The SMILES string of the molecule is CCNC(CN(CCOCC)CCOCC)C1CC1. The number of nitrogens with one attached hydrogen (secondary N) is 1. The summed E-state index contributed by atoms with van der Waals surface area (Å²) in [5.74, 6) is 0.890. The molecule has 1 N–H and O–H groups in total. The summed E-state index contributed by atoms with van der Waals surface area (Å²) in [6, 6.07) is 0.647. The van der Waals surface area contributed by atoms with Crippen molar-refractivity contribution in [3.63, 3.8) is 0 Å². The van der Waals surface area contributed by atoms with Crippen molar-refractivity contribution in [3.8, 4) is 0 Å². The summed E-state index contributed by atoms with van der Waals surface area (Å²) >= 11 is 0. The lowest BCUT2D eigenvalue weighted by atomic mass is 10.1. The van der Waals surface area contributed by atoms with Gasteiger partial charge in [0.1, 0.15) is 0 Å². The fraction of sp³-hybridized carbons (Fsp3) is 1.00. The predicted molar refractivity (Wildman–Crippen MR) is 79.6 cm³/mol. The highest BCUT2D eigenvalue weighted by Gasteiger charge is 2.31. The maximum atomic E-state index is 5.49. The highest BCUT2D eigenvalue weighted by molar-refractivity contribution is 4.88. The van der Waals surface area contributed by atoms with Crippen LogP contribution < -0.4 is 5.32 Å². The van der Waals surface area contributed by atoms with E-state index in [4.69, 9.17) is 9.47 Å². The monoisotopic (exact) mass is 272 g/mol. The minimum atomic E-state index is 0.647. The molecule has 0 heterocycles. The van der Waals surface area contributed by atoms with Crippen LogP contribution in [0.1, 0.15) is 33.6 Å². The second kappa shape index (κ2) is 10.6. The molecule has 1 atom stereocenters. The van der Waals surface area contributed by atoms with Gasteiger partial charge in [-0.3, -0.25) is 4.90 Å². The first kappa shape index (κ1) is 16.9. The van der Waals surface area contributed by atoms with Gasteiger partial charge in [-0.1, -0.05) is 6.92 Å². The summed E-state index contributed by atoms with van der Waals surface area (Å²) in [5, 5.41) is 3.63. The fourth-order valence-corrected chi connectivity index (χ4v) is 2.39. The number of rotatable bonds is 13. The molecular weight excluding hydrogens is 240 g/mol. The van der Waals surface area contributed by atoms with Gasteiger partial charge in [-0.25, -0.2) is 0 Å². The molecule has 1 aliphatic carbocycles. The zero-order valence-electron chi connectivity index (χ0n) is 13.0. The first-order chi connectivity index (χ1) is 9.31. The van der Waals surface area contributed by atoms with Crippen molar-refractivity contribution in [1.29, 1.82) is 0 Å². The first-order valence-corrected chi connectivity index (χ1v) is 7.93. The van der Waals surface area contributed by atoms with E-state index in [0.29, 0.717) is 6.04 Å². The summed E-state index contributed by atoms with van der Waals surface area (Å²) in [7, 11) is 0. The van der Waals surface area contributed by atoms with Crippen molar-refractivity contribution in [2.75, 3.05) is 52.6 Å². The summed E-state index contributed by atoms with van der Waals surface area (Å²) < 4.78 is 11.0. The van der Waals surface area contributed by atoms with Crippen LogP contribution in [-0.4, -0.2) is 63.5 Å². The van der Waals surface area contributed by atoms with E-state index in [0.717, 1.165) is 58.5 Å². The van der Waals surface area contributed by atoms with Gasteiger partial charge in [0, 0.05) is 38.9 Å². The summed E-state index contributed by atoms with van der Waals surface area (Å²) in [4.78, 5) is 2.48. The van der Waals surface area contributed by atoms with Gasteiger partial charge in [0.05, 0.1) is 13.2 Å². The zero-order valence-corrected chi connectivity index (χ0v) is 13.0. The lowest BCUT2D eigenvalue weighted by molar-refractivity contribution is 0.0772. The van der Waals surface area contributed by atoms with E-state index in [1.165, 1.54) is 12.8 Å². The van der Waals surface area contributed by atoms with Crippen molar-refractivity contribution in [3.05, 3.63) is 0 Å². The van der Waals surface area contributed by atoms with Crippen LogP contribution in [-0.2, 0) is 9.47 Å². The number of likely N-dealkylation sites (N-methyl/N-ethyl adjacent to an activating group) is 1. The van der Waals surface area contributed by atoms with Gasteiger partial charge in [-0.2, -0.15) is 0 Å². The Morgan fingerprint density at radius 1 is 1.05 bits per heavy atom. The van der Waals surface area contributed by atoms with E-state index in [2.05, 4.69) is 31.0 Å². The highest BCUT2D eigenvalue weighted by atomic mass is 16.5. The largest absolute Gasteiger partial charge is 0.380 e. The molecule has 1 unspecified atom stereocenters. The molecule has 1 fully saturated rings. The van der Waals surface area contributed by atoms with Gasteiger partial charge in [0.25, 0.3) is 0 Å². The van der Waals surface area contributed by atoms with Crippen LogP contribution >= 0.6 is 0 Å². The van der Waals surface area contributed by atoms with E-state index in [-0.39, 0.29) is 0 Å².